The zero-order valence-electron chi connectivity index (χ0n) is 14.8. The van der Waals surface area contributed by atoms with Crippen LogP contribution in [0.15, 0.2) is 61.2 Å². The van der Waals surface area contributed by atoms with Gasteiger partial charge in [0.15, 0.2) is 11.5 Å². The first-order chi connectivity index (χ1) is 12.7. The number of carbonyl (C=O) groups excluding carboxylic acids is 1. The average molecular weight is 356 g/mol. The SMILES string of the molecule is C=CCCOc1cc(NC(=O)N[C@@H](CO)c2ccccc2)ccc1OC. The first-order valence-electron chi connectivity index (χ1n) is 8.33. The fraction of sp³-hybridized carbons (Fsp3) is 0.250. The molecule has 6 nitrogen and oxygen atoms in total. The molecular weight excluding hydrogens is 332 g/mol. The molecular formula is C20H24N2O4. The third kappa shape index (κ3) is 5.53. The van der Waals surface area contributed by atoms with Gasteiger partial charge in [-0.25, -0.2) is 4.79 Å². The number of hydrogen-bond acceptors (Lipinski definition) is 4. The molecule has 6 heteroatoms. The van der Waals surface area contributed by atoms with Gasteiger partial charge in [0.2, 0.25) is 0 Å². The Morgan fingerprint density at radius 2 is 2.00 bits per heavy atom. The normalized spacial score (nSPS) is 11.3. The number of carbonyl (C=O) groups is 1. The summed E-state index contributed by atoms with van der Waals surface area (Å²) in [5.74, 6) is 1.12. The molecule has 0 aliphatic rings. The summed E-state index contributed by atoms with van der Waals surface area (Å²) in [4.78, 5) is 12.3. The summed E-state index contributed by atoms with van der Waals surface area (Å²) in [6.07, 6.45) is 2.47. The second-order valence-electron chi connectivity index (χ2n) is 5.54. The first-order valence-corrected chi connectivity index (χ1v) is 8.33. The Morgan fingerprint density at radius 3 is 2.65 bits per heavy atom. The second kappa shape index (κ2) is 10.1. The molecule has 0 spiro atoms. The molecule has 0 radical (unpaired) electrons. The Morgan fingerprint density at radius 1 is 1.23 bits per heavy atom. The van der Waals surface area contributed by atoms with Crippen LogP contribution in [0.1, 0.15) is 18.0 Å². The molecule has 2 aromatic rings. The molecule has 3 N–H and O–H groups in total. The summed E-state index contributed by atoms with van der Waals surface area (Å²) in [7, 11) is 1.56. The van der Waals surface area contributed by atoms with Crippen LogP contribution in [0.2, 0.25) is 0 Å². The van der Waals surface area contributed by atoms with E-state index in [1.165, 1.54) is 0 Å². The van der Waals surface area contributed by atoms with Gasteiger partial charge in [0, 0.05) is 11.8 Å². The monoisotopic (exact) mass is 356 g/mol. The summed E-state index contributed by atoms with van der Waals surface area (Å²) < 4.78 is 10.9. The fourth-order valence-corrected chi connectivity index (χ4v) is 2.36. The van der Waals surface area contributed by atoms with E-state index in [0.29, 0.717) is 30.2 Å². The highest BCUT2D eigenvalue weighted by atomic mass is 16.5. The van der Waals surface area contributed by atoms with Gasteiger partial charge >= 0.3 is 6.03 Å². The first kappa shape index (κ1) is 19.3. The van der Waals surface area contributed by atoms with E-state index in [-0.39, 0.29) is 6.61 Å². The van der Waals surface area contributed by atoms with E-state index in [9.17, 15) is 9.90 Å². The Balaban J connectivity index is 2.03. The number of aliphatic hydroxyl groups excluding tert-OH is 1. The maximum absolute atomic E-state index is 12.3. The summed E-state index contributed by atoms with van der Waals surface area (Å²) in [6.45, 7) is 3.92. The van der Waals surface area contributed by atoms with Crippen LogP contribution >= 0.6 is 0 Å². The third-order valence-corrected chi connectivity index (χ3v) is 3.69. The Bertz CT molecular complexity index is 719. The van der Waals surface area contributed by atoms with Gasteiger partial charge in [-0.2, -0.15) is 0 Å². The number of amides is 2. The molecule has 0 heterocycles. The number of nitrogens with one attached hydrogen (secondary N) is 2. The quantitative estimate of drug-likeness (QED) is 0.474. The third-order valence-electron chi connectivity index (χ3n) is 3.69. The molecule has 0 unspecified atom stereocenters. The molecule has 0 aliphatic carbocycles. The summed E-state index contributed by atoms with van der Waals surface area (Å²) in [5.41, 5.74) is 1.38. The largest absolute Gasteiger partial charge is 0.493 e. The summed E-state index contributed by atoms with van der Waals surface area (Å²) in [5, 5.41) is 15.0. The van der Waals surface area contributed by atoms with E-state index in [1.54, 1.807) is 31.4 Å². The van der Waals surface area contributed by atoms with Crippen molar-refractivity contribution in [2.75, 3.05) is 25.6 Å². The van der Waals surface area contributed by atoms with E-state index in [4.69, 9.17) is 9.47 Å². The van der Waals surface area contributed by atoms with E-state index in [1.807, 2.05) is 30.3 Å². The van der Waals surface area contributed by atoms with Crippen molar-refractivity contribution >= 4 is 11.7 Å². The number of ether oxygens (including phenoxy) is 2. The van der Waals surface area contributed by atoms with Crippen molar-refractivity contribution in [2.24, 2.45) is 0 Å². The highest BCUT2D eigenvalue weighted by molar-refractivity contribution is 5.90. The zero-order chi connectivity index (χ0) is 18.8. The van der Waals surface area contributed by atoms with E-state index in [0.717, 1.165) is 5.56 Å². The van der Waals surface area contributed by atoms with Gasteiger partial charge < -0.3 is 25.2 Å². The lowest BCUT2D eigenvalue weighted by molar-refractivity contribution is 0.225. The molecule has 0 aliphatic heterocycles. The maximum Gasteiger partial charge on any atom is 0.319 e. The molecule has 2 rings (SSSR count). The molecule has 138 valence electrons. The van der Waals surface area contributed by atoms with Gasteiger partial charge in [0.05, 0.1) is 26.4 Å². The topological polar surface area (TPSA) is 79.8 Å². The standard InChI is InChI=1S/C20H24N2O4/c1-3-4-12-26-19-13-16(10-11-18(19)25-2)21-20(24)22-17(14-23)15-8-6-5-7-9-15/h3,5-11,13,17,23H,1,4,12,14H2,2H3,(H2,21,22,24)/t17-/m0/s1. The van der Waals surface area contributed by atoms with Crippen molar-refractivity contribution in [1.29, 1.82) is 0 Å². The van der Waals surface area contributed by atoms with Gasteiger partial charge in [-0.15, -0.1) is 6.58 Å². The minimum Gasteiger partial charge on any atom is -0.493 e. The van der Waals surface area contributed by atoms with Gasteiger partial charge in [-0.1, -0.05) is 36.4 Å². The number of aliphatic hydroxyl groups is 1. The van der Waals surface area contributed by atoms with Crippen LogP contribution in [0.25, 0.3) is 0 Å². The van der Waals surface area contributed by atoms with Gasteiger partial charge in [-0.3, -0.25) is 0 Å². The minimum atomic E-state index is -0.488. The van der Waals surface area contributed by atoms with Crippen LogP contribution in [0, 0.1) is 0 Å². The molecule has 0 bridgehead atoms. The maximum atomic E-state index is 12.3. The Hall–Kier alpha value is -2.99. The molecule has 0 fully saturated rings. The molecule has 0 saturated heterocycles. The van der Waals surface area contributed by atoms with Crippen LogP contribution in [-0.4, -0.2) is 31.5 Å². The number of anilines is 1. The molecule has 1 atom stereocenters. The highest BCUT2D eigenvalue weighted by Gasteiger charge is 2.14. The summed E-state index contributed by atoms with van der Waals surface area (Å²) in [6, 6.07) is 13.5. The van der Waals surface area contributed by atoms with E-state index in [2.05, 4.69) is 17.2 Å². The minimum absolute atomic E-state index is 0.198. The lowest BCUT2D eigenvalue weighted by Crippen LogP contribution is -2.34. The number of hydrogen-bond donors (Lipinski definition) is 3. The zero-order valence-corrected chi connectivity index (χ0v) is 14.8. The Labute approximate surface area is 153 Å². The van der Waals surface area contributed by atoms with Crippen molar-refractivity contribution in [3.8, 4) is 11.5 Å². The van der Waals surface area contributed by atoms with Crippen molar-refractivity contribution < 1.29 is 19.4 Å². The second-order valence-corrected chi connectivity index (χ2v) is 5.54. The number of benzene rings is 2. The predicted molar refractivity (Wildman–Crippen MR) is 102 cm³/mol. The summed E-state index contributed by atoms with van der Waals surface area (Å²) >= 11 is 0. The van der Waals surface area contributed by atoms with Crippen molar-refractivity contribution in [2.45, 2.75) is 12.5 Å². The molecule has 2 aromatic carbocycles. The lowest BCUT2D eigenvalue weighted by atomic mass is 10.1. The van der Waals surface area contributed by atoms with E-state index >= 15 is 0 Å². The highest BCUT2D eigenvalue weighted by Crippen LogP contribution is 2.30. The molecule has 0 aromatic heterocycles. The van der Waals surface area contributed by atoms with E-state index < -0.39 is 12.1 Å². The van der Waals surface area contributed by atoms with Crippen molar-refractivity contribution in [3.63, 3.8) is 0 Å². The average Bonchev–Trinajstić information content (AvgIpc) is 2.67. The molecule has 26 heavy (non-hydrogen) atoms. The van der Waals surface area contributed by atoms with Gasteiger partial charge in [-0.05, 0) is 24.1 Å². The fourth-order valence-electron chi connectivity index (χ4n) is 2.36. The van der Waals surface area contributed by atoms with Gasteiger partial charge in [0.25, 0.3) is 0 Å². The molecule has 2 amide bonds. The van der Waals surface area contributed by atoms with Gasteiger partial charge in [0.1, 0.15) is 0 Å². The van der Waals surface area contributed by atoms with Crippen LogP contribution < -0.4 is 20.1 Å². The number of rotatable bonds is 9. The van der Waals surface area contributed by atoms with Crippen LogP contribution in [0.3, 0.4) is 0 Å². The smallest absolute Gasteiger partial charge is 0.319 e. The number of methoxy groups -OCH3 is 1. The van der Waals surface area contributed by atoms with Crippen LogP contribution in [0.4, 0.5) is 10.5 Å². The van der Waals surface area contributed by atoms with Crippen LogP contribution in [-0.2, 0) is 0 Å². The van der Waals surface area contributed by atoms with Crippen molar-refractivity contribution in [1.82, 2.24) is 5.32 Å². The van der Waals surface area contributed by atoms with Crippen molar-refractivity contribution in [3.05, 3.63) is 66.7 Å². The molecule has 0 saturated carbocycles. The Kier molecular flexibility index (Phi) is 7.51. The number of urea groups is 1. The lowest BCUT2D eigenvalue weighted by Gasteiger charge is -2.18. The predicted octanol–water partition coefficient (Wildman–Crippen LogP) is 3.51. The van der Waals surface area contributed by atoms with Crippen LogP contribution in [0.5, 0.6) is 11.5 Å².